The van der Waals surface area contributed by atoms with Gasteiger partial charge in [0.2, 0.25) is 0 Å². The molecule has 5 nitrogen and oxygen atoms in total. The number of aryl methyl sites for hydroxylation is 2. The van der Waals surface area contributed by atoms with Crippen LogP contribution in [0.1, 0.15) is 163 Å². The van der Waals surface area contributed by atoms with Gasteiger partial charge in [0.05, 0.1) is 0 Å². The maximum atomic E-state index is 8.88. The van der Waals surface area contributed by atoms with Crippen molar-refractivity contribution < 1.29 is 24.0 Å². The molecule has 4 aromatic carbocycles. The first-order valence-corrected chi connectivity index (χ1v) is 22.6. The van der Waals surface area contributed by atoms with Gasteiger partial charge in [-0.25, -0.2) is 4.57 Å². The number of allylic oxidation sites excluding steroid dienone is 2. The molecule has 0 bridgehead atoms. The summed E-state index contributed by atoms with van der Waals surface area (Å²) >= 11 is 0. The number of hydrogen-bond donors (Lipinski definition) is 3. The second kappa shape index (κ2) is 25.5. The molecule has 4 aromatic rings. The van der Waals surface area contributed by atoms with Crippen LogP contribution in [0.4, 0.5) is 0 Å². The first kappa shape index (κ1) is 46.7. The van der Waals surface area contributed by atoms with Gasteiger partial charge in [0.15, 0.2) is 0 Å². The molecule has 304 valence electrons. The van der Waals surface area contributed by atoms with E-state index in [4.69, 9.17) is 24.0 Å². The molecule has 0 heterocycles. The molecule has 0 amide bonds. The fourth-order valence-electron chi connectivity index (χ4n) is 7.54. The van der Waals surface area contributed by atoms with E-state index in [1.165, 1.54) is 122 Å². The lowest BCUT2D eigenvalue weighted by atomic mass is 9.84. The smallest absolute Gasteiger partial charge is 0.457 e. The van der Waals surface area contributed by atoms with Gasteiger partial charge in [-0.1, -0.05) is 199 Å². The molecule has 3 N–H and O–H groups in total. The van der Waals surface area contributed by atoms with Crippen LogP contribution in [0, 0.1) is 13.8 Å². The molecule has 0 saturated carbocycles. The predicted octanol–water partition coefficient (Wildman–Crippen LogP) is 15.0. The lowest BCUT2D eigenvalue weighted by Gasteiger charge is -2.25. The number of hydrogen-bond acceptors (Lipinski definition) is 2. The van der Waals surface area contributed by atoms with Crippen molar-refractivity contribution in [2.75, 3.05) is 0 Å². The molecule has 0 aliphatic carbocycles. The van der Waals surface area contributed by atoms with E-state index in [9.17, 15) is 0 Å². The first-order valence-electron chi connectivity index (χ1n) is 21.0. The Kier molecular flexibility index (Phi) is 21.2. The first-order chi connectivity index (χ1) is 26.9. The van der Waals surface area contributed by atoms with Crippen LogP contribution in [-0.2, 0) is 4.57 Å². The fourth-order valence-corrected chi connectivity index (χ4v) is 7.54. The summed E-state index contributed by atoms with van der Waals surface area (Å²) in [5.41, 5.74) is 10.6. The molecule has 0 aromatic heterocycles. The highest BCUT2D eigenvalue weighted by Crippen LogP contribution is 2.42. The van der Waals surface area contributed by atoms with Gasteiger partial charge in [-0.2, -0.15) is 0 Å². The summed E-state index contributed by atoms with van der Waals surface area (Å²) in [4.78, 5) is 21.6. The van der Waals surface area contributed by atoms with Gasteiger partial charge in [-0.05, 0) is 74.9 Å². The number of ether oxygens (including phenoxy) is 1. The van der Waals surface area contributed by atoms with Crippen molar-refractivity contribution in [2.45, 2.75) is 143 Å². The third kappa shape index (κ3) is 17.2. The van der Waals surface area contributed by atoms with Gasteiger partial charge in [-0.3, -0.25) is 0 Å². The standard InChI is InChI=1S/C50H66O.H3O4P/c1-7-9-11-13-15-17-31-45(41(5)37-43-29-21-19-27-39(43)3)47-33-23-25-35-49(47)51-50-36-26-24-34-48(50)46(32-18-16-14-12-10-8-2)42(6)38-44-30-22-20-28-40(44)4;1-5(2,3)4/h19-30,33-38,45-46H,7-18,31-32H2,1-6H3;(H3,1,2,3,4). The van der Waals surface area contributed by atoms with E-state index in [0.717, 1.165) is 24.3 Å². The van der Waals surface area contributed by atoms with E-state index in [1.54, 1.807) is 0 Å². The summed E-state index contributed by atoms with van der Waals surface area (Å²) in [7, 11) is -4.64. The van der Waals surface area contributed by atoms with Gasteiger partial charge >= 0.3 is 7.82 Å². The van der Waals surface area contributed by atoms with Gasteiger partial charge < -0.3 is 19.4 Å². The third-order valence-electron chi connectivity index (χ3n) is 10.7. The van der Waals surface area contributed by atoms with Crippen LogP contribution in [0.15, 0.2) is 108 Å². The maximum absolute atomic E-state index is 8.88. The zero-order chi connectivity index (χ0) is 40.8. The van der Waals surface area contributed by atoms with Gasteiger partial charge in [0.1, 0.15) is 11.5 Å². The van der Waals surface area contributed by atoms with E-state index in [0.29, 0.717) is 11.8 Å². The summed E-state index contributed by atoms with van der Waals surface area (Å²) in [6, 6.07) is 35.2. The Morgan fingerprint density at radius 2 is 0.857 bits per heavy atom. The van der Waals surface area contributed by atoms with Gasteiger partial charge in [0, 0.05) is 23.0 Å². The molecule has 0 aliphatic rings. The number of phosphoric acid groups is 1. The van der Waals surface area contributed by atoms with E-state index in [-0.39, 0.29) is 0 Å². The third-order valence-corrected chi connectivity index (χ3v) is 10.7. The lowest BCUT2D eigenvalue weighted by Crippen LogP contribution is -2.06. The zero-order valence-corrected chi connectivity index (χ0v) is 35.9. The molecule has 4 rings (SSSR count). The minimum Gasteiger partial charge on any atom is -0.457 e. The molecular weight excluding hydrogens is 712 g/mol. The van der Waals surface area contributed by atoms with Crippen LogP contribution >= 0.6 is 7.82 Å². The molecule has 6 heteroatoms. The van der Waals surface area contributed by atoms with Crippen molar-refractivity contribution in [3.05, 3.63) is 142 Å². The number of benzene rings is 4. The summed E-state index contributed by atoms with van der Waals surface area (Å²) in [6.45, 7) is 13.7. The van der Waals surface area contributed by atoms with E-state index >= 15 is 0 Å². The molecule has 0 radical (unpaired) electrons. The molecule has 0 fully saturated rings. The van der Waals surface area contributed by atoms with Crippen LogP contribution < -0.4 is 4.74 Å². The van der Waals surface area contributed by atoms with Crippen LogP contribution in [0.2, 0.25) is 0 Å². The lowest BCUT2D eigenvalue weighted by molar-refractivity contribution is 0.275. The largest absolute Gasteiger partial charge is 0.466 e. The van der Waals surface area contributed by atoms with Crippen molar-refractivity contribution in [1.29, 1.82) is 0 Å². The van der Waals surface area contributed by atoms with Crippen molar-refractivity contribution in [3.63, 3.8) is 0 Å². The number of rotatable bonds is 22. The highest BCUT2D eigenvalue weighted by Gasteiger charge is 2.22. The number of unbranched alkanes of at least 4 members (excludes halogenated alkanes) is 10. The summed E-state index contributed by atoms with van der Waals surface area (Å²) in [5, 5.41) is 0. The molecule has 0 aliphatic heterocycles. The highest BCUT2D eigenvalue weighted by atomic mass is 31.2. The minimum absolute atomic E-state index is 0.292. The van der Waals surface area contributed by atoms with E-state index < -0.39 is 7.82 Å². The predicted molar refractivity (Wildman–Crippen MR) is 238 cm³/mol. The Balaban J connectivity index is 0.00000158. The van der Waals surface area contributed by atoms with Crippen molar-refractivity contribution >= 4 is 20.0 Å². The Morgan fingerprint density at radius 1 is 0.536 bits per heavy atom. The minimum atomic E-state index is -4.64. The van der Waals surface area contributed by atoms with E-state index in [1.807, 2.05) is 0 Å². The van der Waals surface area contributed by atoms with Crippen LogP contribution in [0.3, 0.4) is 0 Å². The van der Waals surface area contributed by atoms with Crippen molar-refractivity contribution in [1.82, 2.24) is 0 Å². The van der Waals surface area contributed by atoms with Crippen molar-refractivity contribution in [2.24, 2.45) is 0 Å². The van der Waals surface area contributed by atoms with E-state index in [2.05, 4.69) is 151 Å². The second-order valence-electron chi connectivity index (χ2n) is 15.4. The SMILES string of the molecule is CCCCCCCCC(C(C)=Cc1ccccc1C)c1ccccc1Oc1ccccc1C(CCCCCCCC)C(C)=Cc1ccccc1C.O=P(O)(O)O. The van der Waals surface area contributed by atoms with Gasteiger partial charge in [-0.15, -0.1) is 0 Å². The van der Waals surface area contributed by atoms with Crippen LogP contribution in [0.25, 0.3) is 12.2 Å². The summed E-state index contributed by atoms with van der Waals surface area (Å²) in [6.07, 6.45) is 22.7. The molecule has 2 unspecified atom stereocenters. The summed E-state index contributed by atoms with van der Waals surface area (Å²) in [5.74, 6) is 2.55. The van der Waals surface area contributed by atoms with Gasteiger partial charge in [0.25, 0.3) is 0 Å². The zero-order valence-electron chi connectivity index (χ0n) is 35.1. The molecule has 56 heavy (non-hydrogen) atoms. The van der Waals surface area contributed by atoms with Crippen molar-refractivity contribution in [3.8, 4) is 11.5 Å². The average Bonchev–Trinajstić information content (AvgIpc) is 3.16. The van der Waals surface area contributed by atoms with Crippen LogP contribution in [-0.4, -0.2) is 14.7 Å². The second-order valence-corrected chi connectivity index (χ2v) is 16.4. The molecular formula is C50H69O5P. The monoisotopic (exact) mass is 780 g/mol. The van der Waals surface area contributed by atoms with Crippen LogP contribution in [0.5, 0.6) is 11.5 Å². The Morgan fingerprint density at radius 3 is 1.23 bits per heavy atom. The molecule has 0 spiro atoms. The Hall–Kier alpha value is -3.73. The molecule has 0 saturated heterocycles. The average molecular weight is 781 g/mol. The topological polar surface area (TPSA) is 87.0 Å². The molecule has 2 atom stereocenters. The summed E-state index contributed by atoms with van der Waals surface area (Å²) < 4.78 is 16.0. The normalized spacial score (nSPS) is 13.2. The Bertz CT molecular complexity index is 1710. The maximum Gasteiger partial charge on any atom is 0.466 e. The fraction of sp³-hybridized carbons (Fsp3) is 0.440. The quantitative estimate of drug-likeness (QED) is 0.0546. The number of para-hydroxylation sites is 2. The highest BCUT2D eigenvalue weighted by molar-refractivity contribution is 7.45. The Labute approximate surface area is 339 Å².